The second-order valence-corrected chi connectivity index (χ2v) is 3.06. The Labute approximate surface area is 86.9 Å². The van der Waals surface area contributed by atoms with Crippen molar-refractivity contribution in [2.24, 2.45) is 0 Å². The molecule has 3 nitrogen and oxygen atoms in total. The molecule has 0 spiro atoms. The van der Waals surface area contributed by atoms with Gasteiger partial charge in [0.2, 0.25) is 0 Å². The van der Waals surface area contributed by atoms with Crippen molar-refractivity contribution in [1.82, 2.24) is 0 Å². The van der Waals surface area contributed by atoms with Crippen LogP contribution in [-0.4, -0.2) is 12.6 Å². The average Bonchev–Trinajstić information content (AvgIpc) is 2.15. The Morgan fingerprint density at radius 3 is 3.00 bits per heavy atom. The van der Waals surface area contributed by atoms with Crippen LogP contribution in [0.2, 0.25) is 5.02 Å². The van der Waals surface area contributed by atoms with E-state index in [2.05, 4.69) is 4.74 Å². The summed E-state index contributed by atoms with van der Waals surface area (Å²) in [5.41, 5.74) is 0.778. The molecule has 0 saturated carbocycles. The number of carbonyl (C=O) groups is 1. The number of carbonyl (C=O) groups excluding carboxylic acids is 1. The summed E-state index contributed by atoms with van der Waals surface area (Å²) in [5, 5.41) is 8.76. The molecular weight excluding hydrogens is 202 g/mol. The summed E-state index contributed by atoms with van der Waals surface area (Å²) < 4.78 is 4.59. The molecule has 1 aromatic rings. The van der Waals surface area contributed by atoms with Gasteiger partial charge in [-0.1, -0.05) is 23.7 Å². The van der Waals surface area contributed by atoms with Crippen molar-refractivity contribution >= 4 is 17.6 Å². The molecule has 0 heterocycles. The fourth-order valence-corrected chi connectivity index (χ4v) is 1.19. The summed E-state index contributed by atoms with van der Waals surface area (Å²) >= 11 is 5.73. The number of nitriles is 1. The van der Waals surface area contributed by atoms with Crippen LogP contribution in [0.3, 0.4) is 0 Å². The van der Waals surface area contributed by atoms with E-state index < -0.39 is 5.97 Å². The van der Waals surface area contributed by atoms with Crippen LogP contribution in [0.15, 0.2) is 24.3 Å². The van der Waals surface area contributed by atoms with E-state index in [-0.39, 0.29) is 13.0 Å². The zero-order chi connectivity index (χ0) is 10.4. The third-order valence-electron chi connectivity index (χ3n) is 1.54. The molecule has 1 rings (SSSR count). The number of ether oxygens (including phenoxy) is 1. The van der Waals surface area contributed by atoms with Gasteiger partial charge in [-0.05, 0) is 17.7 Å². The average molecular weight is 210 g/mol. The van der Waals surface area contributed by atoms with Gasteiger partial charge in [-0.15, -0.1) is 0 Å². The van der Waals surface area contributed by atoms with E-state index in [0.29, 0.717) is 5.02 Å². The highest BCUT2D eigenvalue weighted by Gasteiger charge is 2.04. The lowest BCUT2D eigenvalue weighted by molar-refractivity contribution is -0.141. The Hall–Kier alpha value is -1.53. The molecule has 4 heteroatoms. The van der Waals surface area contributed by atoms with E-state index >= 15 is 0 Å². The van der Waals surface area contributed by atoms with Gasteiger partial charge in [0.1, 0.15) is 6.07 Å². The first-order valence-electron chi connectivity index (χ1n) is 3.99. The molecule has 0 amide bonds. The second kappa shape index (κ2) is 5.25. The van der Waals surface area contributed by atoms with Crippen LogP contribution in [0.1, 0.15) is 5.56 Å². The minimum absolute atomic E-state index is 0.141. The fourth-order valence-electron chi connectivity index (χ4n) is 0.977. The van der Waals surface area contributed by atoms with Crippen molar-refractivity contribution in [3.63, 3.8) is 0 Å². The summed E-state index contributed by atoms with van der Waals surface area (Å²) in [6.45, 7) is -0.209. The van der Waals surface area contributed by atoms with Gasteiger partial charge in [0.05, 0.1) is 6.42 Å². The molecule has 72 valence electrons. The molecule has 0 saturated heterocycles. The molecule has 0 aliphatic rings. The monoisotopic (exact) mass is 209 g/mol. The highest BCUT2D eigenvalue weighted by molar-refractivity contribution is 6.30. The van der Waals surface area contributed by atoms with E-state index in [9.17, 15) is 4.79 Å². The molecule has 0 aliphatic carbocycles. The Balaban J connectivity index is 2.53. The van der Waals surface area contributed by atoms with Crippen molar-refractivity contribution < 1.29 is 9.53 Å². The molecule has 0 radical (unpaired) electrons. The first-order valence-corrected chi connectivity index (χ1v) is 4.37. The Morgan fingerprint density at radius 2 is 2.36 bits per heavy atom. The Bertz CT molecular complexity index is 371. The molecule has 0 fully saturated rings. The fraction of sp³-hybridized carbons (Fsp3) is 0.200. The maximum atomic E-state index is 11.1. The molecule has 14 heavy (non-hydrogen) atoms. The quantitative estimate of drug-likeness (QED) is 0.715. The standard InChI is InChI=1S/C10H8ClNO2/c11-9-3-1-2-8(6-9)7-10(13)14-5-4-12/h1-3,6H,5,7H2. The predicted octanol–water partition coefficient (Wildman–Crippen LogP) is 1.95. The molecule has 0 N–H and O–H groups in total. The van der Waals surface area contributed by atoms with Gasteiger partial charge < -0.3 is 4.74 Å². The summed E-state index contributed by atoms with van der Waals surface area (Å²) in [5.74, 6) is -0.422. The molecule has 0 atom stereocenters. The van der Waals surface area contributed by atoms with E-state index in [1.54, 1.807) is 30.3 Å². The Morgan fingerprint density at radius 1 is 1.57 bits per heavy atom. The summed E-state index contributed by atoms with van der Waals surface area (Å²) in [4.78, 5) is 11.1. The van der Waals surface area contributed by atoms with Crippen LogP contribution in [0.4, 0.5) is 0 Å². The van der Waals surface area contributed by atoms with Gasteiger partial charge in [0.15, 0.2) is 6.61 Å². The number of rotatable bonds is 3. The predicted molar refractivity (Wildman–Crippen MR) is 51.7 cm³/mol. The summed E-state index contributed by atoms with van der Waals surface area (Å²) in [6, 6.07) is 8.68. The van der Waals surface area contributed by atoms with Crippen LogP contribution >= 0.6 is 11.6 Å². The lowest BCUT2D eigenvalue weighted by atomic mass is 10.1. The van der Waals surface area contributed by atoms with Crippen molar-refractivity contribution in [3.8, 4) is 6.07 Å². The number of hydrogen-bond donors (Lipinski definition) is 0. The molecule has 0 aromatic heterocycles. The lowest BCUT2D eigenvalue weighted by Gasteiger charge is -2.00. The van der Waals surface area contributed by atoms with E-state index in [1.807, 2.05) is 0 Å². The Kier molecular flexibility index (Phi) is 3.96. The van der Waals surface area contributed by atoms with E-state index in [1.165, 1.54) is 0 Å². The van der Waals surface area contributed by atoms with Crippen molar-refractivity contribution in [3.05, 3.63) is 34.9 Å². The van der Waals surface area contributed by atoms with Crippen LogP contribution in [0.5, 0.6) is 0 Å². The number of benzene rings is 1. The molecule has 1 aromatic carbocycles. The van der Waals surface area contributed by atoms with Gasteiger partial charge >= 0.3 is 5.97 Å². The van der Waals surface area contributed by atoms with Gasteiger partial charge in [-0.2, -0.15) is 5.26 Å². The second-order valence-electron chi connectivity index (χ2n) is 2.63. The molecular formula is C10H8ClNO2. The summed E-state index contributed by atoms with van der Waals surface area (Å²) in [6.07, 6.45) is 0.141. The minimum Gasteiger partial charge on any atom is -0.450 e. The third-order valence-corrected chi connectivity index (χ3v) is 1.77. The van der Waals surface area contributed by atoms with Crippen LogP contribution < -0.4 is 0 Å². The minimum atomic E-state index is -0.422. The first kappa shape index (κ1) is 10.6. The molecule has 0 bridgehead atoms. The van der Waals surface area contributed by atoms with Gasteiger partial charge in [-0.3, -0.25) is 4.79 Å². The summed E-state index contributed by atoms with van der Waals surface area (Å²) in [7, 11) is 0. The van der Waals surface area contributed by atoms with Crippen LogP contribution in [-0.2, 0) is 16.0 Å². The van der Waals surface area contributed by atoms with Crippen molar-refractivity contribution in [2.75, 3.05) is 6.61 Å². The normalized spacial score (nSPS) is 9.14. The van der Waals surface area contributed by atoms with Crippen LogP contribution in [0.25, 0.3) is 0 Å². The van der Waals surface area contributed by atoms with E-state index in [4.69, 9.17) is 16.9 Å². The largest absolute Gasteiger partial charge is 0.450 e. The van der Waals surface area contributed by atoms with Crippen molar-refractivity contribution in [2.45, 2.75) is 6.42 Å². The number of esters is 1. The number of hydrogen-bond acceptors (Lipinski definition) is 3. The topological polar surface area (TPSA) is 50.1 Å². The number of halogens is 1. The number of nitrogens with zero attached hydrogens (tertiary/aromatic N) is 1. The van der Waals surface area contributed by atoms with Crippen molar-refractivity contribution in [1.29, 1.82) is 5.26 Å². The van der Waals surface area contributed by atoms with Gasteiger partial charge in [0.25, 0.3) is 0 Å². The zero-order valence-corrected chi connectivity index (χ0v) is 8.12. The maximum absolute atomic E-state index is 11.1. The van der Waals surface area contributed by atoms with E-state index in [0.717, 1.165) is 5.56 Å². The van der Waals surface area contributed by atoms with Gasteiger partial charge in [-0.25, -0.2) is 0 Å². The smallest absolute Gasteiger partial charge is 0.311 e. The first-order chi connectivity index (χ1) is 6.72. The molecule has 0 aliphatic heterocycles. The maximum Gasteiger partial charge on any atom is 0.311 e. The highest BCUT2D eigenvalue weighted by atomic mass is 35.5. The lowest BCUT2D eigenvalue weighted by Crippen LogP contribution is -2.07. The highest BCUT2D eigenvalue weighted by Crippen LogP contribution is 2.11. The zero-order valence-electron chi connectivity index (χ0n) is 7.37. The van der Waals surface area contributed by atoms with Crippen LogP contribution in [0, 0.1) is 11.3 Å². The van der Waals surface area contributed by atoms with Gasteiger partial charge in [0, 0.05) is 5.02 Å². The third kappa shape index (κ3) is 3.46. The SMILES string of the molecule is N#CCOC(=O)Cc1cccc(Cl)c1. The molecule has 0 unspecified atom stereocenters.